The van der Waals surface area contributed by atoms with Crippen LogP contribution < -0.4 is 16.8 Å². The lowest BCUT2D eigenvalue weighted by molar-refractivity contribution is 0.100. The first-order valence-corrected chi connectivity index (χ1v) is 7.02. The normalized spacial score (nSPS) is 18.7. The first-order chi connectivity index (χ1) is 9.41. The second kappa shape index (κ2) is 5.71. The summed E-state index contributed by atoms with van der Waals surface area (Å²) in [5.41, 5.74) is 13.2. The zero-order valence-electron chi connectivity index (χ0n) is 12.3. The van der Waals surface area contributed by atoms with Crippen molar-refractivity contribution < 1.29 is 4.79 Å². The van der Waals surface area contributed by atoms with Gasteiger partial charge in [-0.3, -0.25) is 4.79 Å². The molecule has 5 nitrogen and oxygen atoms in total. The second-order valence-electron chi connectivity index (χ2n) is 6.10. The van der Waals surface area contributed by atoms with Crippen molar-refractivity contribution in [3.63, 3.8) is 0 Å². The molecular formula is C15H24N4O. The highest BCUT2D eigenvalue weighted by Gasteiger charge is 2.28. The molecule has 0 spiro atoms. The van der Waals surface area contributed by atoms with Gasteiger partial charge in [0.1, 0.15) is 0 Å². The fourth-order valence-electron chi connectivity index (χ4n) is 2.58. The van der Waals surface area contributed by atoms with E-state index in [-0.39, 0.29) is 5.41 Å². The van der Waals surface area contributed by atoms with Crippen LogP contribution in [0.4, 0.5) is 11.4 Å². The molecule has 5 N–H and O–H groups in total. The number of anilines is 2. The van der Waals surface area contributed by atoms with Gasteiger partial charge in [0.15, 0.2) is 0 Å². The van der Waals surface area contributed by atoms with Crippen LogP contribution >= 0.6 is 0 Å². The summed E-state index contributed by atoms with van der Waals surface area (Å²) >= 11 is 0. The van der Waals surface area contributed by atoms with E-state index in [1.54, 1.807) is 12.1 Å². The van der Waals surface area contributed by atoms with Gasteiger partial charge < -0.3 is 21.7 Å². The van der Waals surface area contributed by atoms with Crippen LogP contribution in [-0.2, 0) is 0 Å². The SMILES string of the molecule is CN1CCC(C)(CNc2cccc(C(N)=O)c2N)CC1. The Hall–Kier alpha value is -1.75. The average Bonchev–Trinajstić information content (AvgIpc) is 2.41. The van der Waals surface area contributed by atoms with Gasteiger partial charge in [-0.05, 0) is 50.5 Å². The highest BCUT2D eigenvalue weighted by molar-refractivity contribution is 6.00. The summed E-state index contributed by atoms with van der Waals surface area (Å²) in [6.07, 6.45) is 2.32. The number of nitrogens with two attached hydrogens (primary N) is 2. The molecule has 0 atom stereocenters. The molecule has 1 aliphatic heterocycles. The minimum atomic E-state index is -0.489. The predicted octanol–water partition coefficient (Wildman–Crippen LogP) is 1.51. The Morgan fingerprint density at radius 3 is 2.65 bits per heavy atom. The molecule has 1 aromatic carbocycles. The van der Waals surface area contributed by atoms with E-state index in [0.717, 1.165) is 38.2 Å². The van der Waals surface area contributed by atoms with E-state index in [4.69, 9.17) is 11.5 Å². The molecule has 0 bridgehead atoms. The molecule has 1 aromatic rings. The number of carbonyl (C=O) groups excluding carboxylic acids is 1. The van der Waals surface area contributed by atoms with E-state index in [2.05, 4.69) is 24.2 Å². The maximum atomic E-state index is 11.3. The number of amides is 1. The number of likely N-dealkylation sites (tertiary alicyclic amines) is 1. The third-order valence-corrected chi connectivity index (χ3v) is 4.27. The van der Waals surface area contributed by atoms with Gasteiger partial charge in [0.25, 0.3) is 5.91 Å². The Morgan fingerprint density at radius 1 is 1.40 bits per heavy atom. The van der Waals surface area contributed by atoms with Gasteiger partial charge in [-0.25, -0.2) is 0 Å². The molecule has 0 aliphatic carbocycles. The van der Waals surface area contributed by atoms with Gasteiger partial charge in [0.2, 0.25) is 0 Å². The monoisotopic (exact) mass is 276 g/mol. The molecule has 2 rings (SSSR count). The highest BCUT2D eigenvalue weighted by atomic mass is 16.1. The van der Waals surface area contributed by atoms with Crippen LogP contribution in [0.5, 0.6) is 0 Å². The van der Waals surface area contributed by atoms with Crippen molar-refractivity contribution >= 4 is 17.3 Å². The van der Waals surface area contributed by atoms with E-state index in [1.165, 1.54) is 0 Å². The van der Waals surface area contributed by atoms with Crippen molar-refractivity contribution in [2.24, 2.45) is 11.1 Å². The van der Waals surface area contributed by atoms with Crippen molar-refractivity contribution in [3.05, 3.63) is 23.8 Å². The smallest absolute Gasteiger partial charge is 0.250 e. The lowest BCUT2D eigenvalue weighted by Gasteiger charge is -2.38. The summed E-state index contributed by atoms with van der Waals surface area (Å²) in [5, 5.41) is 3.38. The van der Waals surface area contributed by atoms with Crippen LogP contribution in [0, 0.1) is 5.41 Å². The minimum Gasteiger partial charge on any atom is -0.396 e. The Morgan fingerprint density at radius 2 is 2.05 bits per heavy atom. The van der Waals surface area contributed by atoms with Crippen molar-refractivity contribution in [1.29, 1.82) is 0 Å². The Balaban J connectivity index is 2.04. The van der Waals surface area contributed by atoms with E-state index in [9.17, 15) is 4.79 Å². The fourth-order valence-corrected chi connectivity index (χ4v) is 2.58. The number of nitrogen functional groups attached to an aromatic ring is 1. The second-order valence-corrected chi connectivity index (χ2v) is 6.10. The van der Waals surface area contributed by atoms with Crippen LogP contribution in [0.25, 0.3) is 0 Å². The average molecular weight is 276 g/mol. The molecule has 1 aliphatic rings. The van der Waals surface area contributed by atoms with Crippen LogP contribution in [0.2, 0.25) is 0 Å². The van der Waals surface area contributed by atoms with Crippen LogP contribution in [0.15, 0.2) is 18.2 Å². The molecule has 1 saturated heterocycles. The molecule has 0 unspecified atom stereocenters. The standard InChI is InChI=1S/C15H24N4O/c1-15(6-8-19(2)9-7-15)10-18-12-5-3-4-11(13(12)16)14(17)20/h3-5,18H,6-10,16H2,1-2H3,(H2,17,20). The Labute approximate surface area is 120 Å². The summed E-state index contributed by atoms with van der Waals surface area (Å²) in [5.74, 6) is -0.489. The first kappa shape index (κ1) is 14.7. The number of para-hydroxylation sites is 1. The number of hydrogen-bond acceptors (Lipinski definition) is 4. The molecule has 20 heavy (non-hydrogen) atoms. The summed E-state index contributed by atoms with van der Waals surface area (Å²) < 4.78 is 0. The number of nitrogens with zero attached hydrogens (tertiary/aromatic N) is 1. The van der Waals surface area contributed by atoms with Crippen LogP contribution in [0.3, 0.4) is 0 Å². The largest absolute Gasteiger partial charge is 0.396 e. The summed E-state index contributed by atoms with van der Waals surface area (Å²) in [6, 6.07) is 5.34. The molecule has 1 amide bonds. The van der Waals surface area contributed by atoms with E-state index in [1.807, 2.05) is 6.07 Å². The number of benzene rings is 1. The van der Waals surface area contributed by atoms with Gasteiger partial charge in [0.05, 0.1) is 16.9 Å². The molecule has 5 heteroatoms. The zero-order valence-corrected chi connectivity index (χ0v) is 12.3. The molecule has 110 valence electrons. The minimum absolute atomic E-state index is 0.266. The third kappa shape index (κ3) is 3.22. The number of primary amides is 1. The summed E-state index contributed by atoms with van der Waals surface area (Å²) in [7, 11) is 2.15. The van der Waals surface area contributed by atoms with Crippen molar-refractivity contribution in [1.82, 2.24) is 4.90 Å². The van der Waals surface area contributed by atoms with Crippen molar-refractivity contribution in [3.8, 4) is 0 Å². The van der Waals surface area contributed by atoms with Crippen molar-refractivity contribution in [2.45, 2.75) is 19.8 Å². The summed E-state index contributed by atoms with van der Waals surface area (Å²) in [6.45, 7) is 5.39. The van der Waals surface area contributed by atoms with Gasteiger partial charge in [-0.1, -0.05) is 13.0 Å². The maximum absolute atomic E-state index is 11.3. The molecule has 0 aromatic heterocycles. The van der Waals surface area contributed by atoms with Crippen LogP contribution in [-0.4, -0.2) is 37.5 Å². The van der Waals surface area contributed by atoms with Gasteiger partial charge in [-0.15, -0.1) is 0 Å². The third-order valence-electron chi connectivity index (χ3n) is 4.27. The molecule has 0 radical (unpaired) electrons. The van der Waals surface area contributed by atoms with E-state index < -0.39 is 5.91 Å². The first-order valence-electron chi connectivity index (χ1n) is 7.02. The molecule has 0 saturated carbocycles. The lowest BCUT2D eigenvalue weighted by Crippen LogP contribution is -2.40. The van der Waals surface area contributed by atoms with E-state index in [0.29, 0.717) is 11.3 Å². The summed E-state index contributed by atoms with van der Waals surface area (Å²) in [4.78, 5) is 13.6. The number of nitrogens with one attached hydrogen (secondary N) is 1. The molecule has 1 fully saturated rings. The highest BCUT2D eigenvalue weighted by Crippen LogP contribution is 2.32. The van der Waals surface area contributed by atoms with Crippen LogP contribution in [0.1, 0.15) is 30.1 Å². The molecule has 1 heterocycles. The molecular weight excluding hydrogens is 252 g/mol. The number of piperidine rings is 1. The predicted molar refractivity (Wildman–Crippen MR) is 82.7 cm³/mol. The quantitative estimate of drug-likeness (QED) is 0.728. The topological polar surface area (TPSA) is 84.4 Å². The number of rotatable bonds is 4. The van der Waals surface area contributed by atoms with Gasteiger partial charge in [0, 0.05) is 6.54 Å². The Bertz CT molecular complexity index is 493. The fraction of sp³-hybridized carbons (Fsp3) is 0.533. The van der Waals surface area contributed by atoms with Crippen molar-refractivity contribution in [2.75, 3.05) is 37.7 Å². The number of hydrogen-bond donors (Lipinski definition) is 3. The Kier molecular flexibility index (Phi) is 4.18. The maximum Gasteiger partial charge on any atom is 0.250 e. The van der Waals surface area contributed by atoms with Gasteiger partial charge >= 0.3 is 0 Å². The van der Waals surface area contributed by atoms with Gasteiger partial charge in [-0.2, -0.15) is 0 Å². The van der Waals surface area contributed by atoms with E-state index >= 15 is 0 Å². The zero-order chi connectivity index (χ0) is 14.8. The number of carbonyl (C=O) groups is 1. The lowest BCUT2D eigenvalue weighted by atomic mass is 9.80.